The quantitative estimate of drug-likeness (QED) is 0.0381. The molecule has 0 spiro atoms. The topological polar surface area (TPSA) is 280 Å². The Morgan fingerprint density at radius 2 is 0.871 bits per heavy atom. The van der Waals surface area contributed by atoms with Gasteiger partial charge in [-0.05, 0) is 182 Å². The predicted octanol–water partition coefficient (Wildman–Crippen LogP) is 10.9. The molecule has 2 aliphatic heterocycles. The molecule has 3 amide bonds. The van der Waals surface area contributed by atoms with Gasteiger partial charge in [-0.25, -0.2) is 23.6 Å². The molecule has 526 valence electrons. The smallest absolute Gasteiger partial charge is 0.408 e. The molecular weight excluding hydrogens is 1220 g/mol. The molecular formula is C69H109ClN4O19. The van der Waals surface area contributed by atoms with Gasteiger partial charge in [-0.1, -0.05) is 68.1 Å². The highest BCUT2D eigenvalue weighted by Gasteiger charge is 2.47. The Balaban J connectivity index is 0.000000397. The second-order valence-electron chi connectivity index (χ2n) is 27.8. The number of carbonyl (C=O) groups is 8. The lowest BCUT2D eigenvalue weighted by molar-refractivity contribution is -0.162. The first-order valence-electron chi connectivity index (χ1n) is 32.2. The number of benzene rings is 2. The van der Waals surface area contributed by atoms with Crippen LogP contribution in [0.4, 0.5) is 9.59 Å². The second kappa shape index (κ2) is 39.1. The van der Waals surface area contributed by atoms with E-state index in [0.29, 0.717) is 110 Å². The van der Waals surface area contributed by atoms with Crippen molar-refractivity contribution in [3.8, 4) is 0 Å². The maximum atomic E-state index is 14.2. The zero-order valence-electron chi connectivity index (χ0n) is 56.8. The fourth-order valence-corrected chi connectivity index (χ4v) is 11.4. The van der Waals surface area contributed by atoms with E-state index in [4.69, 9.17) is 59.1 Å². The van der Waals surface area contributed by atoms with E-state index in [1.54, 1.807) is 41.5 Å². The van der Waals surface area contributed by atoms with Gasteiger partial charge in [-0.15, -0.1) is 0 Å². The lowest BCUT2D eigenvalue weighted by Gasteiger charge is -2.36. The Morgan fingerprint density at radius 3 is 1.26 bits per heavy atom. The number of carboxylic acid groups (broad SMARTS) is 1. The summed E-state index contributed by atoms with van der Waals surface area (Å²) in [6.45, 7) is 25.4. The molecule has 2 saturated carbocycles. The van der Waals surface area contributed by atoms with Gasteiger partial charge in [0.1, 0.15) is 46.6 Å². The van der Waals surface area contributed by atoms with E-state index < -0.39 is 76.6 Å². The largest absolute Gasteiger partial charge is 0.480 e. The number of nitrogens with zero attached hydrogens (tertiary/aromatic N) is 2. The highest BCUT2D eigenvalue weighted by Crippen LogP contribution is 2.36. The van der Waals surface area contributed by atoms with Crippen LogP contribution in [-0.4, -0.2) is 175 Å². The Bertz CT molecular complexity index is 2610. The predicted molar refractivity (Wildman–Crippen MR) is 349 cm³/mol. The number of nitrogens with one attached hydrogen (secondary N) is 2. The Labute approximate surface area is 557 Å². The molecule has 4 aliphatic rings. The minimum absolute atomic E-state index is 0. The van der Waals surface area contributed by atoms with Gasteiger partial charge < -0.3 is 68.0 Å². The first-order chi connectivity index (χ1) is 43.1. The number of carbonyl (C=O) groups excluding carboxylic acids is 7. The molecule has 23 nitrogen and oxygen atoms in total. The van der Waals surface area contributed by atoms with Crippen molar-refractivity contribution in [3.63, 3.8) is 0 Å². The van der Waals surface area contributed by atoms with Crippen molar-refractivity contribution in [1.29, 1.82) is 0 Å². The van der Waals surface area contributed by atoms with Crippen LogP contribution in [0.5, 0.6) is 0 Å². The SMILES string of the molecule is C.CC(C)(C)OC(=O)N[C@H](C(=O)O)C1CCC(C(=O)OC(C)(C)C)CC1.COC(=O)[C@@H]1C[C@@H](OCCCOCc2ccccc2)CN1C(=O)[C@@H](NC(=O)OC(C)(C)C)C1CCC(C(=O)OC(C)(C)C)CC1.COC(=O)[C@@H]1C[C@@H](OCCCOCc2ccccc2)CN1Cl. The van der Waals surface area contributed by atoms with E-state index in [2.05, 4.69) is 10.6 Å². The lowest BCUT2D eigenvalue weighted by Crippen LogP contribution is -2.56. The monoisotopic (exact) mass is 1330 g/mol. The zero-order chi connectivity index (χ0) is 68.4. The number of ether oxygens (including phenoxy) is 10. The van der Waals surface area contributed by atoms with Crippen LogP contribution in [0, 0.1) is 23.7 Å². The maximum absolute atomic E-state index is 14.2. The van der Waals surface area contributed by atoms with Crippen LogP contribution in [0.2, 0.25) is 0 Å². The van der Waals surface area contributed by atoms with Gasteiger partial charge in [0.15, 0.2) is 0 Å². The molecule has 2 aliphatic carbocycles. The maximum Gasteiger partial charge on any atom is 0.408 e. The zero-order valence-corrected chi connectivity index (χ0v) is 57.5. The number of likely N-dealkylation sites (tertiary alicyclic amines) is 1. The van der Waals surface area contributed by atoms with Crippen molar-refractivity contribution in [1.82, 2.24) is 20.0 Å². The fraction of sp³-hybridized carbons (Fsp3) is 0.710. The number of rotatable bonds is 24. The first kappa shape index (κ1) is 81.1. The Hall–Kier alpha value is -6.11. The van der Waals surface area contributed by atoms with E-state index in [0.717, 1.165) is 17.5 Å². The molecule has 2 saturated heterocycles. The number of hydrogen-bond donors (Lipinski definition) is 3. The molecule has 2 aromatic carbocycles. The highest BCUT2D eigenvalue weighted by atomic mass is 35.5. The molecule has 0 radical (unpaired) electrons. The van der Waals surface area contributed by atoms with Gasteiger partial charge in [0.2, 0.25) is 5.91 Å². The summed E-state index contributed by atoms with van der Waals surface area (Å²) < 4.78 is 56.0. The van der Waals surface area contributed by atoms with Crippen LogP contribution in [0.1, 0.15) is 179 Å². The summed E-state index contributed by atoms with van der Waals surface area (Å²) in [6.07, 6.45) is 4.75. The Kier molecular flexibility index (Phi) is 34.1. The first-order valence-corrected chi connectivity index (χ1v) is 32.5. The van der Waals surface area contributed by atoms with Crippen molar-refractivity contribution in [2.45, 2.75) is 240 Å². The molecule has 0 bridgehead atoms. The molecule has 0 aromatic heterocycles. The third-order valence-electron chi connectivity index (χ3n) is 15.3. The number of alkyl carbamates (subject to hydrolysis) is 2. The van der Waals surface area contributed by atoms with E-state index >= 15 is 0 Å². The third kappa shape index (κ3) is 30.9. The molecule has 4 fully saturated rings. The average molecular weight is 1330 g/mol. The Morgan fingerprint density at radius 1 is 0.505 bits per heavy atom. The number of methoxy groups -OCH3 is 2. The number of esters is 4. The van der Waals surface area contributed by atoms with Crippen LogP contribution >= 0.6 is 11.8 Å². The van der Waals surface area contributed by atoms with Crippen LogP contribution in [0.25, 0.3) is 0 Å². The summed E-state index contributed by atoms with van der Waals surface area (Å²) in [7, 11) is 2.66. The minimum Gasteiger partial charge on any atom is -0.480 e. The van der Waals surface area contributed by atoms with E-state index in [1.165, 1.54) is 23.5 Å². The van der Waals surface area contributed by atoms with Crippen LogP contribution in [-0.2, 0) is 89.3 Å². The number of aliphatic carboxylic acids is 1. The van der Waals surface area contributed by atoms with Gasteiger partial charge in [0.05, 0.1) is 51.5 Å². The third-order valence-corrected chi connectivity index (χ3v) is 15.7. The van der Waals surface area contributed by atoms with E-state index in [1.807, 2.05) is 102 Å². The summed E-state index contributed by atoms with van der Waals surface area (Å²) >= 11 is 6.00. The summed E-state index contributed by atoms with van der Waals surface area (Å²) in [5.74, 6) is -3.81. The van der Waals surface area contributed by atoms with Crippen molar-refractivity contribution in [2.24, 2.45) is 23.7 Å². The van der Waals surface area contributed by atoms with Gasteiger partial charge >= 0.3 is 42.0 Å². The molecule has 2 aromatic rings. The van der Waals surface area contributed by atoms with Crippen LogP contribution in [0.3, 0.4) is 0 Å². The van der Waals surface area contributed by atoms with Crippen LogP contribution < -0.4 is 10.6 Å². The summed E-state index contributed by atoms with van der Waals surface area (Å²) in [5.41, 5.74) is -0.318. The van der Waals surface area contributed by atoms with E-state index in [9.17, 15) is 43.5 Å². The van der Waals surface area contributed by atoms with Crippen molar-refractivity contribution in [2.75, 3.05) is 53.7 Å². The summed E-state index contributed by atoms with van der Waals surface area (Å²) in [4.78, 5) is 101. The number of amides is 3. The van der Waals surface area contributed by atoms with Gasteiger partial charge in [0.25, 0.3) is 0 Å². The molecule has 24 heteroatoms. The van der Waals surface area contributed by atoms with Crippen molar-refractivity contribution in [3.05, 3.63) is 71.8 Å². The molecule has 6 atom stereocenters. The minimum atomic E-state index is -1.09. The van der Waals surface area contributed by atoms with Gasteiger partial charge in [0, 0.05) is 52.4 Å². The number of halogens is 1. The van der Waals surface area contributed by atoms with E-state index in [-0.39, 0.29) is 74.2 Å². The second-order valence-corrected chi connectivity index (χ2v) is 28.2. The molecule has 2 heterocycles. The summed E-state index contributed by atoms with van der Waals surface area (Å²) in [5, 5.41) is 14.7. The molecule has 6 rings (SSSR count). The van der Waals surface area contributed by atoms with Crippen LogP contribution in [0.15, 0.2) is 60.7 Å². The molecule has 3 N–H and O–H groups in total. The normalized spacial score (nSPS) is 22.3. The number of carboxylic acids is 1. The average Bonchev–Trinajstić information content (AvgIpc) is 1.95. The summed E-state index contributed by atoms with van der Waals surface area (Å²) in [6, 6.07) is 16.7. The number of hydrogen-bond acceptors (Lipinski definition) is 19. The lowest BCUT2D eigenvalue weighted by atomic mass is 9.78. The van der Waals surface area contributed by atoms with Gasteiger partial charge in [-0.3, -0.25) is 19.2 Å². The standard InChI is InChI=1S/C34H52N2O9.C18H31NO6.C16H22ClNO4.CH4/c1-33(2,3)44-30(38)25-16-14-24(15-17-25)28(35-32(40)45-34(4,5)6)29(37)36-21-26(20-27(36)31(39)41-7)43-19-11-18-42-22-23-12-9-8-10-13-23;1-17(2,3)24-15(22)12-9-7-11(8-10-12)13(14(20)21)19-16(23)25-18(4,5)6;1-20-16(19)15-10-14(11-18(15)17)22-9-5-8-21-12-13-6-3-2-4-7-13;/h8-10,12-13,24-28H,11,14-22H2,1-7H3,(H,35,40);11-13H,7-10H2,1-6H3,(H,19,23)(H,20,21);2-4,6-7,14-15H,5,8-12H2,1H3;1H4/t24?,25?,26-,27+,28+;11?,12?,13-;14-,15+;/m101./s1. The highest BCUT2D eigenvalue weighted by molar-refractivity contribution is 6.15. The fourth-order valence-electron chi connectivity index (χ4n) is 11.1. The molecule has 0 unspecified atom stereocenters. The van der Waals surface area contributed by atoms with Crippen molar-refractivity contribution >= 4 is 59.7 Å². The molecule has 93 heavy (non-hydrogen) atoms. The van der Waals surface area contributed by atoms with Crippen molar-refractivity contribution < 1.29 is 90.8 Å². The van der Waals surface area contributed by atoms with Gasteiger partial charge in [-0.2, -0.15) is 0 Å².